The molecule has 3 atom stereocenters. The van der Waals surface area contributed by atoms with Crippen molar-refractivity contribution in [1.29, 1.82) is 0 Å². The van der Waals surface area contributed by atoms with Gasteiger partial charge < -0.3 is 19.5 Å². The maximum atomic E-state index is 12.2. The first-order chi connectivity index (χ1) is 11.3. The lowest BCUT2D eigenvalue weighted by Crippen LogP contribution is -2.66. The van der Waals surface area contributed by atoms with Crippen molar-refractivity contribution in [2.75, 3.05) is 6.61 Å². The number of aliphatic carboxylic acids is 1. The van der Waals surface area contributed by atoms with Gasteiger partial charge in [-0.1, -0.05) is 18.2 Å². The molecule has 2 aliphatic heterocycles. The largest absolute Gasteiger partial charge is 0.482 e. The number of amides is 1. The molecular formula is C16H17NO6S. The van der Waals surface area contributed by atoms with Crippen molar-refractivity contribution in [3.63, 3.8) is 0 Å². The molecule has 2 saturated heterocycles. The van der Waals surface area contributed by atoms with E-state index in [9.17, 15) is 19.5 Å². The van der Waals surface area contributed by atoms with Crippen LogP contribution < -0.4 is 4.74 Å². The third kappa shape index (κ3) is 2.82. The predicted molar refractivity (Wildman–Crippen MR) is 85.5 cm³/mol. The van der Waals surface area contributed by atoms with E-state index in [0.29, 0.717) is 5.75 Å². The number of esters is 1. The van der Waals surface area contributed by atoms with E-state index in [1.54, 1.807) is 38.1 Å². The van der Waals surface area contributed by atoms with Gasteiger partial charge in [-0.15, -0.1) is 11.8 Å². The average Bonchev–Trinajstić information content (AvgIpc) is 2.80. The van der Waals surface area contributed by atoms with E-state index >= 15 is 0 Å². The van der Waals surface area contributed by atoms with Crippen molar-refractivity contribution in [3.8, 4) is 5.75 Å². The number of carbonyl (C=O) groups is 3. The molecule has 2 heterocycles. The standard InChI is InChI=1S/C16H17NO6S/c1-16(2)12(15(20)21)17-13(19)11(14(17)24-16)23-10(18)8-22-9-6-4-3-5-7-9/h3-7,11-12,14H,8H2,1-2H3,(H,20,21). The summed E-state index contributed by atoms with van der Waals surface area (Å²) in [6.45, 7) is 3.22. The molecule has 24 heavy (non-hydrogen) atoms. The fourth-order valence-corrected chi connectivity index (χ4v) is 4.52. The van der Waals surface area contributed by atoms with E-state index in [1.807, 2.05) is 6.07 Å². The van der Waals surface area contributed by atoms with Crippen LogP contribution in [0.3, 0.4) is 0 Å². The Morgan fingerprint density at radius 1 is 1.29 bits per heavy atom. The number of ether oxygens (including phenoxy) is 2. The summed E-state index contributed by atoms with van der Waals surface area (Å²) in [5, 5.41) is 8.87. The zero-order valence-corrected chi connectivity index (χ0v) is 14.0. The van der Waals surface area contributed by atoms with Crippen molar-refractivity contribution in [2.24, 2.45) is 0 Å². The molecule has 1 aromatic rings. The summed E-state index contributed by atoms with van der Waals surface area (Å²) in [4.78, 5) is 36.8. The lowest BCUT2D eigenvalue weighted by atomic mass is 9.97. The SMILES string of the molecule is CC1(C)SC2C(OC(=O)COc3ccccc3)C(=O)N2C1C(=O)O. The zero-order valence-electron chi connectivity index (χ0n) is 13.2. The number of carboxylic acid groups (broad SMARTS) is 1. The van der Waals surface area contributed by atoms with Gasteiger partial charge in [-0.05, 0) is 26.0 Å². The van der Waals surface area contributed by atoms with Crippen LogP contribution in [-0.2, 0) is 19.1 Å². The van der Waals surface area contributed by atoms with Gasteiger partial charge in [-0.3, -0.25) is 4.79 Å². The molecule has 0 bridgehead atoms. The fourth-order valence-electron chi connectivity index (χ4n) is 2.92. The molecular weight excluding hydrogens is 334 g/mol. The number of fused-ring (bicyclic) bond motifs is 1. The van der Waals surface area contributed by atoms with Crippen LogP contribution in [0.5, 0.6) is 5.75 Å². The number of thioether (sulfide) groups is 1. The first-order valence-corrected chi connectivity index (χ1v) is 8.29. The minimum Gasteiger partial charge on any atom is -0.482 e. The second kappa shape index (κ2) is 6.01. The molecule has 3 rings (SSSR count). The predicted octanol–water partition coefficient (Wildman–Crippen LogP) is 1.12. The summed E-state index contributed by atoms with van der Waals surface area (Å²) >= 11 is 1.33. The van der Waals surface area contributed by atoms with E-state index in [4.69, 9.17) is 9.47 Å². The van der Waals surface area contributed by atoms with Gasteiger partial charge in [-0.25, -0.2) is 9.59 Å². The molecule has 2 aliphatic rings. The summed E-state index contributed by atoms with van der Waals surface area (Å²) in [7, 11) is 0. The summed E-state index contributed by atoms with van der Waals surface area (Å²) < 4.78 is 9.83. The Kier molecular flexibility index (Phi) is 4.16. The average molecular weight is 351 g/mol. The third-order valence-electron chi connectivity index (χ3n) is 3.98. The Bertz CT molecular complexity index is 676. The molecule has 0 aromatic heterocycles. The molecule has 1 aromatic carbocycles. The third-order valence-corrected chi connectivity index (χ3v) is 5.53. The maximum Gasteiger partial charge on any atom is 0.345 e. The van der Waals surface area contributed by atoms with Gasteiger partial charge in [0.15, 0.2) is 6.61 Å². The summed E-state index contributed by atoms with van der Waals surface area (Å²) in [6, 6.07) is 7.86. The summed E-state index contributed by atoms with van der Waals surface area (Å²) in [5.41, 5.74) is 0. The molecule has 8 heteroatoms. The number of carbonyl (C=O) groups excluding carboxylic acids is 2. The first kappa shape index (κ1) is 16.6. The van der Waals surface area contributed by atoms with Gasteiger partial charge in [-0.2, -0.15) is 0 Å². The molecule has 1 amide bonds. The summed E-state index contributed by atoms with van der Waals surface area (Å²) in [5.74, 6) is -1.66. The van der Waals surface area contributed by atoms with E-state index in [0.717, 1.165) is 0 Å². The number of hydrogen-bond donors (Lipinski definition) is 1. The van der Waals surface area contributed by atoms with Crippen LogP contribution >= 0.6 is 11.8 Å². The summed E-state index contributed by atoms with van der Waals surface area (Å²) in [6.07, 6.45) is -0.953. The molecule has 3 unspecified atom stereocenters. The van der Waals surface area contributed by atoms with Crippen molar-refractivity contribution in [2.45, 2.75) is 36.1 Å². The monoisotopic (exact) mass is 351 g/mol. The van der Waals surface area contributed by atoms with Crippen molar-refractivity contribution in [3.05, 3.63) is 30.3 Å². The highest BCUT2D eigenvalue weighted by atomic mass is 32.2. The Morgan fingerprint density at radius 2 is 1.96 bits per heavy atom. The van der Waals surface area contributed by atoms with Gasteiger partial charge in [0.2, 0.25) is 6.10 Å². The van der Waals surface area contributed by atoms with Crippen molar-refractivity contribution in [1.82, 2.24) is 4.90 Å². The van der Waals surface area contributed by atoms with E-state index in [-0.39, 0.29) is 6.61 Å². The minimum atomic E-state index is -1.06. The Labute approximate surface area is 142 Å². The van der Waals surface area contributed by atoms with Crippen LogP contribution in [-0.4, -0.2) is 56.7 Å². The normalized spacial score (nSPS) is 27.2. The number of carboxylic acids is 1. The van der Waals surface area contributed by atoms with Crippen LogP contribution in [0.2, 0.25) is 0 Å². The molecule has 0 spiro atoms. The number of nitrogens with zero attached hydrogens (tertiary/aromatic N) is 1. The molecule has 7 nitrogen and oxygen atoms in total. The lowest BCUT2D eigenvalue weighted by Gasteiger charge is -2.42. The number of para-hydroxylation sites is 1. The van der Waals surface area contributed by atoms with Crippen LogP contribution in [0.15, 0.2) is 30.3 Å². The van der Waals surface area contributed by atoms with Crippen LogP contribution in [0.25, 0.3) is 0 Å². The fraction of sp³-hybridized carbons (Fsp3) is 0.438. The second-order valence-electron chi connectivity index (χ2n) is 6.11. The number of hydrogen-bond acceptors (Lipinski definition) is 6. The molecule has 2 fully saturated rings. The van der Waals surface area contributed by atoms with Gasteiger partial charge in [0.1, 0.15) is 17.2 Å². The Morgan fingerprint density at radius 3 is 2.58 bits per heavy atom. The van der Waals surface area contributed by atoms with E-state index < -0.39 is 40.1 Å². The highest BCUT2D eigenvalue weighted by Gasteiger charge is 2.65. The zero-order chi connectivity index (χ0) is 17.5. The molecule has 0 radical (unpaired) electrons. The highest BCUT2D eigenvalue weighted by molar-refractivity contribution is 8.01. The smallest absolute Gasteiger partial charge is 0.345 e. The van der Waals surface area contributed by atoms with Crippen molar-refractivity contribution >= 4 is 29.6 Å². The minimum absolute atomic E-state index is 0.309. The maximum absolute atomic E-state index is 12.2. The Balaban J connectivity index is 1.59. The topological polar surface area (TPSA) is 93.1 Å². The van der Waals surface area contributed by atoms with Gasteiger partial charge >= 0.3 is 11.9 Å². The highest BCUT2D eigenvalue weighted by Crippen LogP contribution is 2.51. The molecule has 128 valence electrons. The van der Waals surface area contributed by atoms with E-state index in [1.165, 1.54) is 16.7 Å². The van der Waals surface area contributed by atoms with Crippen LogP contribution in [0, 0.1) is 0 Å². The Hall–Kier alpha value is -2.22. The molecule has 1 N–H and O–H groups in total. The van der Waals surface area contributed by atoms with E-state index in [2.05, 4.69) is 0 Å². The van der Waals surface area contributed by atoms with Crippen LogP contribution in [0.1, 0.15) is 13.8 Å². The first-order valence-electron chi connectivity index (χ1n) is 7.41. The van der Waals surface area contributed by atoms with Gasteiger partial charge in [0, 0.05) is 4.75 Å². The number of rotatable bonds is 5. The lowest BCUT2D eigenvalue weighted by molar-refractivity contribution is -0.182. The number of benzene rings is 1. The molecule has 0 saturated carbocycles. The number of β-lactam (4-membered cyclic amide) rings is 1. The van der Waals surface area contributed by atoms with Gasteiger partial charge in [0.05, 0.1) is 0 Å². The van der Waals surface area contributed by atoms with Gasteiger partial charge in [0.25, 0.3) is 5.91 Å². The quantitative estimate of drug-likeness (QED) is 0.628. The van der Waals surface area contributed by atoms with Crippen molar-refractivity contribution < 1.29 is 29.0 Å². The molecule has 0 aliphatic carbocycles. The van der Waals surface area contributed by atoms with Crippen LogP contribution in [0.4, 0.5) is 0 Å². The second-order valence-corrected chi connectivity index (χ2v) is 7.88.